The van der Waals surface area contributed by atoms with Gasteiger partial charge in [0.05, 0.1) is 37.0 Å². The molecule has 1 amide bonds. The number of aromatic nitrogens is 5. The molecule has 5 aromatic rings. The Hall–Kier alpha value is -5.06. The molecule has 0 aliphatic carbocycles. The smallest absolute Gasteiger partial charge is 0.324 e. The van der Waals surface area contributed by atoms with Gasteiger partial charge in [-0.3, -0.25) is 9.78 Å². The molecule has 0 aliphatic heterocycles. The molecule has 0 saturated heterocycles. The number of benzene rings is 2. The summed E-state index contributed by atoms with van der Waals surface area (Å²) in [6.07, 6.45) is -10.1. The van der Waals surface area contributed by atoms with Gasteiger partial charge in [-0.15, -0.1) is 0 Å². The lowest BCUT2D eigenvalue weighted by Crippen LogP contribution is -2.14. The predicted molar refractivity (Wildman–Crippen MR) is 141 cm³/mol. The van der Waals surface area contributed by atoms with Crippen molar-refractivity contribution >= 4 is 23.2 Å². The number of carbonyl (C=O) groups is 1. The molecule has 0 aliphatic rings. The number of anilines is 3. The highest BCUT2D eigenvalue weighted by Crippen LogP contribution is 2.33. The number of carbonyl (C=O) groups excluding carboxylic acids is 1. The van der Waals surface area contributed by atoms with Crippen molar-refractivity contribution in [3.05, 3.63) is 108 Å². The van der Waals surface area contributed by atoms with E-state index in [4.69, 9.17) is 23.3 Å². The molecule has 0 fully saturated rings. The molecule has 8 nitrogen and oxygen atoms in total. The van der Waals surface area contributed by atoms with Crippen LogP contribution in [-0.4, -0.2) is 30.4 Å². The summed E-state index contributed by atoms with van der Waals surface area (Å²) in [5.74, 6) is -2.01. The number of amides is 1. The Morgan fingerprint density at radius 1 is 1.10 bits per heavy atom. The third-order valence-corrected chi connectivity index (χ3v) is 4.75. The molecular formula is C28H22F3N7O. The van der Waals surface area contributed by atoms with Crippen LogP contribution >= 0.6 is 0 Å². The predicted octanol–water partition coefficient (Wildman–Crippen LogP) is 6.36. The molecule has 3 aromatic heterocycles. The van der Waals surface area contributed by atoms with Gasteiger partial charge < -0.3 is 15.2 Å². The van der Waals surface area contributed by atoms with Crippen molar-refractivity contribution in [2.45, 2.75) is 19.9 Å². The number of hydrogen-bond donors (Lipinski definition) is 2. The topological polar surface area (TPSA) is 97.6 Å². The number of pyridine rings is 1. The molecule has 5 rings (SSSR count). The number of nitrogens with zero attached hydrogens (tertiary/aromatic N) is 5. The minimum absolute atomic E-state index is 0.163. The number of aryl methyl sites for hydroxylation is 2. The lowest BCUT2D eigenvalue weighted by Gasteiger charge is -2.14. The van der Waals surface area contributed by atoms with Crippen molar-refractivity contribution in [2.24, 2.45) is 0 Å². The number of halogens is 3. The van der Waals surface area contributed by atoms with Gasteiger partial charge >= 0.3 is 6.18 Å². The van der Waals surface area contributed by atoms with Gasteiger partial charge in [0.1, 0.15) is 1.37 Å². The van der Waals surface area contributed by atoms with Crippen LogP contribution in [0.1, 0.15) is 50.5 Å². The summed E-state index contributed by atoms with van der Waals surface area (Å²) < 4.78 is 179. The van der Waals surface area contributed by atoms with Crippen molar-refractivity contribution in [1.29, 1.82) is 0 Å². The second kappa shape index (κ2) is 10.4. The Balaban J connectivity index is 1.65. The van der Waals surface area contributed by atoms with Crippen LogP contribution in [0.5, 0.6) is 0 Å². The highest BCUT2D eigenvalue weighted by Gasteiger charge is 2.31. The molecule has 0 radical (unpaired) electrons. The Morgan fingerprint density at radius 3 is 2.79 bits per heavy atom. The average molecular weight is 547 g/mol. The maximum atomic E-state index is 14.3. The van der Waals surface area contributed by atoms with E-state index in [0.717, 1.165) is 18.2 Å². The van der Waals surface area contributed by atoms with Crippen molar-refractivity contribution in [2.75, 3.05) is 10.6 Å². The first-order valence-corrected chi connectivity index (χ1v) is 10.5. The third kappa shape index (κ3) is 5.93. The van der Waals surface area contributed by atoms with Gasteiger partial charge in [-0.2, -0.15) is 13.2 Å². The summed E-state index contributed by atoms with van der Waals surface area (Å²) in [7, 11) is 0. The van der Waals surface area contributed by atoms with Crippen LogP contribution in [0.15, 0.2) is 85.4 Å². The summed E-state index contributed by atoms with van der Waals surface area (Å²) >= 11 is 0. The molecule has 39 heavy (non-hydrogen) atoms. The monoisotopic (exact) mass is 546 g/mol. The van der Waals surface area contributed by atoms with Crippen LogP contribution in [0.2, 0.25) is 0 Å². The highest BCUT2D eigenvalue weighted by atomic mass is 19.4. The van der Waals surface area contributed by atoms with E-state index >= 15 is 0 Å². The third-order valence-electron chi connectivity index (χ3n) is 4.75. The van der Waals surface area contributed by atoms with E-state index < -0.39 is 150 Å². The maximum absolute atomic E-state index is 14.3. The Bertz CT molecular complexity index is 2450. The number of nitrogens with one attached hydrogen (secondary N) is 2. The minimum Gasteiger partial charge on any atom is -0.324 e. The Morgan fingerprint density at radius 2 is 2.00 bits per heavy atom. The van der Waals surface area contributed by atoms with Gasteiger partial charge in [-0.1, -0.05) is 6.07 Å². The van der Waals surface area contributed by atoms with Gasteiger partial charge in [0.25, 0.3) is 5.91 Å². The van der Waals surface area contributed by atoms with Gasteiger partial charge in [-0.05, 0) is 67.7 Å². The van der Waals surface area contributed by atoms with Crippen molar-refractivity contribution in [3.63, 3.8) is 0 Å². The van der Waals surface area contributed by atoms with Crippen LogP contribution in [0.25, 0.3) is 16.9 Å². The lowest BCUT2D eigenvalue weighted by molar-refractivity contribution is -0.137. The maximum Gasteiger partial charge on any atom is 0.416 e. The van der Waals surface area contributed by atoms with Gasteiger partial charge in [0.15, 0.2) is 0 Å². The molecule has 2 N–H and O–H groups in total. The van der Waals surface area contributed by atoms with Crippen molar-refractivity contribution < 1.29 is 41.3 Å². The molecule has 11 heteroatoms. The fourth-order valence-electron chi connectivity index (χ4n) is 3.04. The van der Waals surface area contributed by atoms with Crippen molar-refractivity contribution in [1.82, 2.24) is 24.5 Å². The Labute approximate surface area is 245 Å². The Kier molecular flexibility index (Phi) is 3.24. The standard InChI is InChI=1S/C28H22F3N7O/c1-17-5-6-19(10-25(17)37-27-33-9-7-24(36-27)20-4-3-8-32-14-20)26(39)35-22-11-21(28(29,30)31)12-23(13-22)38-15-18(2)34-16-38/h3-16H,1-2H3,(H,35,39)(H,33,36,37)/i1D3,2D3,3D,4D,7D,8D,9D,11D,12D,13D,14D,15D,16D. The number of imidazole rings is 1. The number of alkyl halides is 3. The molecule has 3 heterocycles. The van der Waals surface area contributed by atoms with Crippen LogP contribution in [0, 0.1) is 13.7 Å². The first kappa shape index (κ1) is 12.2. The lowest BCUT2D eigenvalue weighted by atomic mass is 10.1. The zero-order valence-electron chi connectivity index (χ0n) is 36.0. The zero-order valence-corrected chi connectivity index (χ0v) is 19.0. The van der Waals surface area contributed by atoms with Gasteiger partial charge in [-0.25, -0.2) is 15.0 Å². The number of rotatable bonds is 6. The summed E-state index contributed by atoms with van der Waals surface area (Å²) in [6, 6.07) is -4.01. The van der Waals surface area contributed by atoms with Gasteiger partial charge in [0, 0.05) is 61.1 Å². The number of hydrogen-bond acceptors (Lipinski definition) is 6. The fourth-order valence-corrected chi connectivity index (χ4v) is 3.04. The summed E-state index contributed by atoms with van der Waals surface area (Å²) in [4.78, 5) is 28.3. The molecule has 0 atom stereocenters. The average Bonchev–Trinajstić information content (AvgIpc) is 3.36. The SMILES string of the molecule is [2H]c1nc(Nc2cc(C(=O)Nc3c([2H])c(-n4c([2H])nc(C([2H])([2H])[2H])c4[2H])c([2H])c(C(F)(F)F)c3[2H])ccc2C([2H])([2H])[2H])nc(-c2c([2H])nc([2H])c([2H])c2[2H])c1[2H]. The van der Waals surface area contributed by atoms with Crippen LogP contribution < -0.4 is 10.6 Å². The van der Waals surface area contributed by atoms with E-state index in [2.05, 4.69) is 25.3 Å². The quantitative estimate of drug-likeness (QED) is 0.257. The highest BCUT2D eigenvalue weighted by molar-refractivity contribution is 6.05. The van der Waals surface area contributed by atoms with E-state index in [0.29, 0.717) is 0 Å². The molecule has 196 valence electrons. The molecule has 0 bridgehead atoms. The van der Waals surface area contributed by atoms with Crippen LogP contribution in [0.4, 0.5) is 30.5 Å². The van der Waals surface area contributed by atoms with E-state index in [1.165, 1.54) is 0 Å². The van der Waals surface area contributed by atoms with Crippen molar-refractivity contribution in [3.8, 4) is 16.9 Å². The minimum atomic E-state index is -5.50. The second-order valence-electron chi connectivity index (χ2n) is 7.41. The fraction of sp³-hybridized carbons (Fsp3) is 0.107. The van der Waals surface area contributed by atoms with E-state index in [9.17, 15) is 18.0 Å². The van der Waals surface area contributed by atoms with E-state index in [1.54, 1.807) is 0 Å². The molecule has 0 saturated carbocycles. The largest absolute Gasteiger partial charge is 0.416 e. The molecular weight excluding hydrogens is 507 g/mol. The van der Waals surface area contributed by atoms with Crippen LogP contribution in [-0.2, 0) is 6.18 Å². The summed E-state index contributed by atoms with van der Waals surface area (Å²) in [6.45, 7) is -6.09. The first-order chi connectivity index (χ1) is 25.7. The van der Waals surface area contributed by atoms with Gasteiger partial charge in [0.2, 0.25) is 5.95 Å². The molecule has 0 unspecified atom stereocenters. The molecule has 2 aromatic carbocycles. The molecule has 0 spiro atoms. The van der Waals surface area contributed by atoms with E-state index in [1.807, 2.05) is 5.32 Å². The second-order valence-corrected chi connectivity index (χ2v) is 7.41. The first-order valence-electron chi connectivity index (χ1n) is 19.0. The van der Waals surface area contributed by atoms with E-state index in [-0.39, 0.29) is 4.57 Å². The zero-order chi connectivity index (χ0) is 42.1. The van der Waals surface area contributed by atoms with Crippen LogP contribution in [0.3, 0.4) is 0 Å². The summed E-state index contributed by atoms with van der Waals surface area (Å²) in [5.41, 5.74) is -8.15. The summed E-state index contributed by atoms with van der Waals surface area (Å²) in [5, 5.41) is 4.40. The normalized spacial score (nSPS) is 18.2.